The van der Waals surface area contributed by atoms with Gasteiger partial charge >= 0.3 is 0 Å². The molecule has 0 nitrogen and oxygen atoms in total. The van der Waals surface area contributed by atoms with Crippen LogP contribution in [0.4, 0.5) is 0 Å². The molecule has 0 heterocycles. The summed E-state index contributed by atoms with van der Waals surface area (Å²) in [5.41, 5.74) is 8.81. The SMILES string of the molecule is CCCCc1ccc2c(c1)CC(/C=C/C1=CC=CC1)Cc1ccccc1-2. The van der Waals surface area contributed by atoms with Crippen molar-refractivity contribution >= 4 is 0 Å². The van der Waals surface area contributed by atoms with Crippen LogP contribution in [0.25, 0.3) is 11.1 Å². The molecule has 0 N–H and O–H groups in total. The van der Waals surface area contributed by atoms with E-state index in [2.05, 4.69) is 79.8 Å². The first-order valence-corrected chi connectivity index (χ1v) is 10.1. The van der Waals surface area contributed by atoms with E-state index >= 15 is 0 Å². The maximum absolute atomic E-state index is 2.48. The van der Waals surface area contributed by atoms with E-state index in [1.54, 1.807) is 0 Å². The average Bonchev–Trinajstić information content (AvgIpc) is 3.13. The lowest BCUT2D eigenvalue weighted by atomic mass is 9.92. The van der Waals surface area contributed by atoms with Crippen LogP contribution < -0.4 is 0 Å². The molecule has 1 unspecified atom stereocenters. The third kappa shape index (κ3) is 3.75. The summed E-state index contributed by atoms with van der Waals surface area (Å²) < 4.78 is 0. The van der Waals surface area contributed by atoms with E-state index in [0.29, 0.717) is 5.92 Å². The molecule has 0 heteroatoms. The van der Waals surface area contributed by atoms with Gasteiger partial charge in [-0.2, -0.15) is 0 Å². The highest BCUT2D eigenvalue weighted by molar-refractivity contribution is 5.72. The minimum atomic E-state index is 0.570. The lowest BCUT2D eigenvalue weighted by molar-refractivity contribution is 0.651. The van der Waals surface area contributed by atoms with Crippen molar-refractivity contribution in [3.63, 3.8) is 0 Å². The third-order valence-electron chi connectivity index (χ3n) is 5.64. The van der Waals surface area contributed by atoms with Gasteiger partial charge in [-0.1, -0.05) is 86.2 Å². The largest absolute Gasteiger partial charge is 0.0805 e. The molecular weight excluding hydrogens is 312 g/mol. The maximum Gasteiger partial charge on any atom is -0.00944 e. The monoisotopic (exact) mass is 340 g/mol. The predicted octanol–water partition coefficient (Wildman–Crippen LogP) is 6.85. The summed E-state index contributed by atoms with van der Waals surface area (Å²) in [6.07, 6.45) is 18.5. The van der Waals surface area contributed by atoms with Crippen LogP contribution in [-0.4, -0.2) is 0 Å². The molecule has 0 amide bonds. The van der Waals surface area contributed by atoms with E-state index in [1.165, 1.54) is 52.7 Å². The molecule has 0 saturated heterocycles. The van der Waals surface area contributed by atoms with Crippen molar-refractivity contribution < 1.29 is 0 Å². The fourth-order valence-corrected chi connectivity index (χ4v) is 4.20. The van der Waals surface area contributed by atoms with E-state index in [0.717, 1.165) is 19.3 Å². The van der Waals surface area contributed by atoms with Crippen molar-refractivity contribution in [3.05, 3.63) is 95.1 Å². The van der Waals surface area contributed by atoms with Gasteiger partial charge in [0.1, 0.15) is 0 Å². The Bertz CT molecular complexity index is 863. The zero-order valence-electron chi connectivity index (χ0n) is 15.7. The molecule has 26 heavy (non-hydrogen) atoms. The van der Waals surface area contributed by atoms with E-state index in [4.69, 9.17) is 0 Å². The molecule has 2 aliphatic rings. The summed E-state index contributed by atoms with van der Waals surface area (Å²) in [6, 6.07) is 16.2. The Kier molecular flexibility index (Phi) is 5.20. The normalized spacial score (nSPS) is 18.5. The van der Waals surface area contributed by atoms with E-state index < -0.39 is 0 Å². The summed E-state index contributed by atoms with van der Waals surface area (Å²) in [5, 5.41) is 0. The molecule has 0 aromatic heterocycles. The van der Waals surface area contributed by atoms with Crippen molar-refractivity contribution in [2.24, 2.45) is 5.92 Å². The third-order valence-corrected chi connectivity index (χ3v) is 5.64. The van der Waals surface area contributed by atoms with Crippen molar-refractivity contribution in [1.82, 2.24) is 0 Å². The molecule has 0 saturated carbocycles. The molecule has 0 bridgehead atoms. The number of unbranched alkanes of at least 4 members (excludes halogenated alkanes) is 1. The van der Waals surface area contributed by atoms with E-state index in [-0.39, 0.29) is 0 Å². The zero-order chi connectivity index (χ0) is 17.8. The standard InChI is InChI=1S/C26H28/c1-2-3-8-21-15-16-26-24(17-21)19-22(14-13-20-9-4-5-10-20)18-23-11-6-7-12-25(23)26/h4-7,9,11-17,22H,2-3,8,10,18-19H2,1H3/b14-13+. The van der Waals surface area contributed by atoms with Crippen LogP contribution in [0.1, 0.15) is 42.9 Å². The molecule has 2 aromatic carbocycles. The van der Waals surface area contributed by atoms with Crippen molar-refractivity contribution in [2.45, 2.75) is 45.4 Å². The molecule has 0 radical (unpaired) electrons. The first-order chi connectivity index (χ1) is 12.8. The number of fused-ring (bicyclic) bond motifs is 3. The molecule has 0 spiro atoms. The van der Waals surface area contributed by atoms with Gasteiger partial charge < -0.3 is 0 Å². The van der Waals surface area contributed by atoms with Gasteiger partial charge in [0.05, 0.1) is 0 Å². The van der Waals surface area contributed by atoms with Gasteiger partial charge in [-0.15, -0.1) is 0 Å². The first-order valence-electron chi connectivity index (χ1n) is 10.1. The second-order valence-electron chi connectivity index (χ2n) is 7.65. The summed E-state index contributed by atoms with van der Waals surface area (Å²) in [4.78, 5) is 0. The number of benzene rings is 2. The molecule has 4 rings (SSSR count). The fraction of sp³-hybridized carbons (Fsp3) is 0.308. The van der Waals surface area contributed by atoms with Gasteiger partial charge in [0, 0.05) is 0 Å². The Balaban J connectivity index is 1.67. The van der Waals surface area contributed by atoms with Gasteiger partial charge in [0.25, 0.3) is 0 Å². The maximum atomic E-state index is 2.48. The van der Waals surface area contributed by atoms with Crippen LogP contribution in [0.15, 0.2) is 78.4 Å². The van der Waals surface area contributed by atoms with Gasteiger partial charge in [-0.3, -0.25) is 0 Å². The minimum absolute atomic E-state index is 0.570. The Morgan fingerprint density at radius 2 is 1.85 bits per heavy atom. The predicted molar refractivity (Wildman–Crippen MR) is 112 cm³/mol. The van der Waals surface area contributed by atoms with Crippen LogP contribution >= 0.6 is 0 Å². The first kappa shape index (κ1) is 17.1. The topological polar surface area (TPSA) is 0 Å². The summed E-state index contributed by atoms with van der Waals surface area (Å²) in [5.74, 6) is 0.570. The smallest absolute Gasteiger partial charge is 0.00944 e. The quantitative estimate of drug-likeness (QED) is 0.558. The Labute approximate surface area is 158 Å². The molecule has 0 aliphatic heterocycles. The Hall–Kier alpha value is -2.34. The van der Waals surface area contributed by atoms with Crippen LogP contribution in [0.5, 0.6) is 0 Å². The number of aryl methyl sites for hydroxylation is 1. The lowest BCUT2D eigenvalue weighted by Gasteiger charge is -2.12. The zero-order valence-corrected chi connectivity index (χ0v) is 15.7. The lowest BCUT2D eigenvalue weighted by Crippen LogP contribution is -2.04. The van der Waals surface area contributed by atoms with E-state index in [9.17, 15) is 0 Å². The van der Waals surface area contributed by atoms with E-state index in [1.807, 2.05) is 0 Å². The molecule has 0 fully saturated rings. The van der Waals surface area contributed by atoms with Crippen LogP contribution in [0.2, 0.25) is 0 Å². The van der Waals surface area contributed by atoms with Gasteiger partial charge in [0.2, 0.25) is 0 Å². The van der Waals surface area contributed by atoms with Crippen molar-refractivity contribution in [3.8, 4) is 11.1 Å². The average molecular weight is 341 g/mol. The molecular formula is C26H28. The highest BCUT2D eigenvalue weighted by Gasteiger charge is 2.19. The van der Waals surface area contributed by atoms with Gasteiger partial charge in [-0.25, -0.2) is 0 Å². The van der Waals surface area contributed by atoms with Gasteiger partial charge in [-0.05, 0) is 71.4 Å². The number of rotatable bonds is 5. The van der Waals surface area contributed by atoms with Crippen LogP contribution in [0.3, 0.4) is 0 Å². The second kappa shape index (κ2) is 7.91. The van der Waals surface area contributed by atoms with Crippen molar-refractivity contribution in [2.75, 3.05) is 0 Å². The van der Waals surface area contributed by atoms with Crippen molar-refractivity contribution in [1.29, 1.82) is 0 Å². The summed E-state index contributed by atoms with van der Waals surface area (Å²) in [6.45, 7) is 2.27. The highest BCUT2D eigenvalue weighted by atomic mass is 14.2. The Morgan fingerprint density at radius 1 is 1.00 bits per heavy atom. The second-order valence-corrected chi connectivity index (χ2v) is 7.65. The highest BCUT2D eigenvalue weighted by Crippen LogP contribution is 2.35. The number of allylic oxidation sites excluding steroid dienone is 6. The number of hydrogen-bond acceptors (Lipinski definition) is 0. The number of hydrogen-bond donors (Lipinski definition) is 0. The van der Waals surface area contributed by atoms with Gasteiger partial charge in [0.15, 0.2) is 0 Å². The summed E-state index contributed by atoms with van der Waals surface area (Å²) >= 11 is 0. The van der Waals surface area contributed by atoms with Crippen LogP contribution in [0, 0.1) is 5.92 Å². The molecule has 1 atom stereocenters. The Morgan fingerprint density at radius 3 is 2.69 bits per heavy atom. The minimum Gasteiger partial charge on any atom is -0.0805 e. The molecule has 2 aromatic rings. The fourth-order valence-electron chi connectivity index (χ4n) is 4.20. The van der Waals surface area contributed by atoms with Crippen LogP contribution in [-0.2, 0) is 19.3 Å². The summed E-state index contributed by atoms with van der Waals surface area (Å²) in [7, 11) is 0. The molecule has 2 aliphatic carbocycles. The molecule has 132 valence electrons.